The van der Waals surface area contributed by atoms with Crippen LogP contribution in [0, 0.1) is 0 Å². The van der Waals surface area contributed by atoms with Gasteiger partial charge in [0.05, 0.1) is 25.3 Å². The lowest BCUT2D eigenvalue weighted by molar-refractivity contribution is -0.140. The predicted molar refractivity (Wildman–Crippen MR) is 117 cm³/mol. The van der Waals surface area contributed by atoms with Crippen molar-refractivity contribution >= 4 is 40.4 Å². The van der Waals surface area contributed by atoms with Gasteiger partial charge in [-0.3, -0.25) is 9.59 Å². The van der Waals surface area contributed by atoms with Crippen LogP contribution in [0.5, 0.6) is 5.75 Å². The van der Waals surface area contributed by atoms with Crippen LogP contribution in [0.3, 0.4) is 0 Å². The number of carbonyl (C=O) groups excluding carboxylic acids is 2. The molecule has 0 spiro atoms. The van der Waals surface area contributed by atoms with Crippen molar-refractivity contribution in [3.8, 4) is 5.75 Å². The molecule has 1 N–H and O–H groups in total. The van der Waals surface area contributed by atoms with Crippen molar-refractivity contribution in [3.05, 3.63) is 92.6 Å². The standard InChI is InChI=1S/C23H18ClNO4S/c1-29-15-10-8-14(9-11-15)21(26)19-20(17-6-2-3-7-18(17)24)25(23(28)22(19)27)13-16-5-4-12-30-16/h2-12,20,26H,13H2,1H3/b21-19+. The lowest BCUT2D eigenvalue weighted by Crippen LogP contribution is -2.29. The summed E-state index contributed by atoms with van der Waals surface area (Å²) in [5, 5.41) is 13.4. The Balaban J connectivity index is 1.87. The Morgan fingerprint density at radius 1 is 1.10 bits per heavy atom. The van der Waals surface area contributed by atoms with Crippen LogP contribution in [0.15, 0.2) is 71.6 Å². The van der Waals surface area contributed by atoms with Crippen molar-refractivity contribution in [2.75, 3.05) is 7.11 Å². The van der Waals surface area contributed by atoms with E-state index in [1.54, 1.807) is 55.6 Å². The number of benzene rings is 2. The van der Waals surface area contributed by atoms with E-state index in [4.69, 9.17) is 16.3 Å². The van der Waals surface area contributed by atoms with Gasteiger partial charge in [0.1, 0.15) is 11.5 Å². The highest BCUT2D eigenvalue weighted by Gasteiger charge is 2.46. The first-order chi connectivity index (χ1) is 14.5. The topological polar surface area (TPSA) is 66.8 Å². The molecule has 1 aromatic heterocycles. The van der Waals surface area contributed by atoms with Crippen LogP contribution in [-0.4, -0.2) is 28.8 Å². The number of aliphatic hydroxyl groups is 1. The number of amides is 1. The van der Waals surface area contributed by atoms with Crippen molar-refractivity contribution in [2.45, 2.75) is 12.6 Å². The maximum Gasteiger partial charge on any atom is 0.295 e. The Hall–Kier alpha value is -3.09. The molecule has 1 fully saturated rings. The van der Waals surface area contributed by atoms with Gasteiger partial charge in [-0.05, 0) is 47.3 Å². The first-order valence-corrected chi connectivity index (χ1v) is 10.5. The first kappa shape index (κ1) is 20.2. The fourth-order valence-electron chi connectivity index (χ4n) is 3.54. The molecule has 1 aliphatic rings. The molecule has 1 aliphatic heterocycles. The lowest BCUT2D eigenvalue weighted by atomic mass is 9.95. The van der Waals surface area contributed by atoms with Crippen LogP contribution in [0.4, 0.5) is 0 Å². The van der Waals surface area contributed by atoms with Crippen molar-refractivity contribution in [1.82, 2.24) is 4.90 Å². The quantitative estimate of drug-likeness (QED) is 0.344. The Morgan fingerprint density at radius 3 is 2.47 bits per heavy atom. The summed E-state index contributed by atoms with van der Waals surface area (Å²) in [5.74, 6) is -1.02. The van der Waals surface area contributed by atoms with Crippen LogP contribution >= 0.6 is 22.9 Å². The molecule has 2 aromatic carbocycles. The molecule has 0 bridgehead atoms. The number of hydrogen-bond acceptors (Lipinski definition) is 5. The maximum absolute atomic E-state index is 13.0. The predicted octanol–water partition coefficient (Wildman–Crippen LogP) is 5.03. The van der Waals surface area contributed by atoms with E-state index in [1.807, 2.05) is 17.5 Å². The van der Waals surface area contributed by atoms with Gasteiger partial charge in [-0.25, -0.2) is 0 Å². The molecule has 1 unspecified atom stereocenters. The third-order valence-electron chi connectivity index (χ3n) is 5.01. The highest BCUT2D eigenvalue weighted by atomic mass is 35.5. The van der Waals surface area contributed by atoms with Crippen molar-refractivity contribution in [3.63, 3.8) is 0 Å². The average Bonchev–Trinajstić information content (AvgIpc) is 3.36. The van der Waals surface area contributed by atoms with Crippen molar-refractivity contribution < 1.29 is 19.4 Å². The van der Waals surface area contributed by atoms with Crippen LogP contribution in [0.25, 0.3) is 5.76 Å². The Bertz CT molecular complexity index is 1120. The summed E-state index contributed by atoms with van der Waals surface area (Å²) in [7, 11) is 1.54. The number of hydrogen-bond donors (Lipinski definition) is 1. The minimum Gasteiger partial charge on any atom is -0.507 e. The minimum atomic E-state index is -0.789. The van der Waals surface area contributed by atoms with E-state index in [-0.39, 0.29) is 17.9 Å². The Labute approximate surface area is 182 Å². The molecular formula is C23H18ClNO4S. The van der Waals surface area contributed by atoms with Gasteiger partial charge in [0.2, 0.25) is 0 Å². The molecule has 30 heavy (non-hydrogen) atoms. The Morgan fingerprint density at radius 2 is 1.83 bits per heavy atom. The second-order valence-electron chi connectivity index (χ2n) is 6.76. The molecule has 2 heterocycles. The maximum atomic E-state index is 13.0. The number of nitrogens with zero attached hydrogens (tertiary/aromatic N) is 1. The zero-order chi connectivity index (χ0) is 21.3. The number of halogens is 1. The van der Waals surface area contributed by atoms with Gasteiger partial charge in [-0.2, -0.15) is 0 Å². The number of methoxy groups -OCH3 is 1. The summed E-state index contributed by atoms with van der Waals surface area (Å²) in [6.07, 6.45) is 0. The zero-order valence-corrected chi connectivity index (χ0v) is 17.6. The molecular weight excluding hydrogens is 422 g/mol. The van der Waals surface area contributed by atoms with Crippen LogP contribution in [0.1, 0.15) is 22.0 Å². The number of ketones is 1. The van der Waals surface area contributed by atoms with Gasteiger partial charge in [0, 0.05) is 15.5 Å². The van der Waals surface area contributed by atoms with Gasteiger partial charge < -0.3 is 14.7 Å². The smallest absolute Gasteiger partial charge is 0.295 e. The van der Waals surface area contributed by atoms with E-state index in [0.29, 0.717) is 21.9 Å². The van der Waals surface area contributed by atoms with E-state index in [9.17, 15) is 14.7 Å². The number of ether oxygens (including phenoxy) is 1. The van der Waals surface area contributed by atoms with Gasteiger partial charge in [0.15, 0.2) is 0 Å². The summed E-state index contributed by atoms with van der Waals surface area (Å²) < 4.78 is 5.15. The molecule has 1 saturated heterocycles. The number of aliphatic hydroxyl groups excluding tert-OH is 1. The Kier molecular flexibility index (Phi) is 5.61. The fourth-order valence-corrected chi connectivity index (χ4v) is 4.48. The molecule has 3 aromatic rings. The van der Waals surface area contributed by atoms with Gasteiger partial charge in [-0.1, -0.05) is 35.9 Å². The SMILES string of the molecule is COc1ccc(/C(O)=C2\C(=O)C(=O)N(Cc3cccs3)C2c2ccccc2Cl)cc1. The molecule has 5 nitrogen and oxygen atoms in total. The van der Waals surface area contributed by atoms with Gasteiger partial charge >= 0.3 is 0 Å². The number of rotatable bonds is 5. The number of Topliss-reactive ketones (excluding diaryl/α,β-unsaturated/α-hetero) is 1. The largest absolute Gasteiger partial charge is 0.507 e. The second kappa shape index (κ2) is 8.34. The van der Waals surface area contributed by atoms with Crippen molar-refractivity contribution in [2.24, 2.45) is 0 Å². The molecule has 152 valence electrons. The number of carbonyl (C=O) groups is 2. The molecule has 0 aliphatic carbocycles. The van der Waals surface area contributed by atoms with E-state index in [1.165, 1.54) is 16.2 Å². The fraction of sp³-hybridized carbons (Fsp3) is 0.130. The summed E-state index contributed by atoms with van der Waals surface area (Å²) in [6.45, 7) is 0.248. The second-order valence-corrected chi connectivity index (χ2v) is 8.20. The highest BCUT2D eigenvalue weighted by Crippen LogP contribution is 2.42. The van der Waals surface area contributed by atoms with Gasteiger partial charge in [0.25, 0.3) is 11.7 Å². The minimum absolute atomic E-state index is 0.0230. The third-order valence-corrected chi connectivity index (χ3v) is 6.21. The van der Waals surface area contributed by atoms with Crippen LogP contribution in [-0.2, 0) is 16.1 Å². The highest BCUT2D eigenvalue weighted by molar-refractivity contribution is 7.09. The van der Waals surface area contributed by atoms with Crippen molar-refractivity contribution in [1.29, 1.82) is 0 Å². The monoisotopic (exact) mass is 439 g/mol. The first-order valence-electron chi connectivity index (χ1n) is 9.21. The van der Waals surface area contributed by atoms with E-state index in [2.05, 4.69) is 0 Å². The summed E-state index contributed by atoms with van der Waals surface area (Å²) in [6, 6.07) is 16.7. The van der Waals surface area contributed by atoms with E-state index >= 15 is 0 Å². The molecule has 7 heteroatoms. The molecule has 1 amide bonds. The molecule has 0 radical (unpaired) electrons. The lowest BCUT2D eigenvalue weighted by Gasteiger charge is -2.25. The van der Waals surface area contributed by atoms with E-state index < -0.39 is 17.7 Å². The number of likely N-dealkylation sites (tertiary alicyclic amines) is 1. The normalized spacial score (nSPS) is 18.1. The molecule has 1 atom stereocenters. The molecule has 0 saturated carbocycles. The van der Waals surface area contributed by atoms with Gasteiger partial charge in [-0.15, -0.1) is 11.3 Å². The molecule has 4 rings (SSSR count). The summed E-state index contributed by atoms with van der Waals surface area (Å²) in [4.78, 5) is 28.3. The summed E-state index contributed by atoms with van der Waals surface area (Å²) in [5.41, 5.74) is 1.03. The average molecular weight is 440 g/mol. The summed E-state index contributed by atoms with van der Waals surface area (Å²) >= 11 is 7.93. The number of thiophene rings is 1. The third kappa shape index (κ3) is 3.60. The van der Waals surface area contributed by atoms with Crippen LogP contribution < -0.4 is 4.74 Å². The van der Waals surface area contributed by atoms with Crippen LogP contribution in [0.2, 0.25) is 5.02 Å². The zero-order valence-electron chi connectivity index (χ0n) is 16.0. The van der Waals surface area contributed by atoms with E-state index in [0.717, 1.165) is 4.88 Å².